The van der Waals surface area contributed by atoms with Crippen LogP contribution in [0.4, 0.5) is 0 Å². The summed E-state index contributed by atoms with van der Waals surface area (Å²) in [7, 11) is 0. The number of aromatic nitrogens is 2. The molecule has 0 amide bonds. The third kappa shape index (κ3) is 2.32. The molecule has 2 rings (SSSR count). The molecule has 0 fully saturated rings. The summed E-state index contributed by atoms with van der Waals surface area (Å²) in [6.07, 6.45) is 1.82. The highest BCUT2D eigenvalue weighted by Gasteiger charge is 2.21. The largest absolute Gasteiger partial charge is 0.318 e. The molecule has 2 N–H and O–H groups in total. The molecule has 2 aromatic rings. The van der Waals surface area contributed by atoms with Gasteiger partial charge in [0, 0.05) is 10.9 Å². The summed E-state index contributed by atoms with van der Waals surface area (Å²) in [6.45, 7) is 6.31. The first-order chi connectivity index (χ1) is 8.02. The van der Waals surface area contributed by atoms with Crippen molar-refractivity contribution in [2.45, 2.75) is 32.9 Å². The molecule has 0 radical (unpaired) electrons. The van der Waals surface area contributed by atoms with E-state index in [1.54, 1.807) is 11.3 Å². The number of aryl methyl sites for hydroxylation is 1. The molecule has 17 heavy (non-hydrogen) atoms. The molecule has 92 valence electrons. The van der Waals surface area contributed by atoms with Gasteiger partial charge in [-0.3, -0.25) is 4.68 Å². The molecule has 0 spiro atoms. The Labute approximate surface area is 114 Å². The summed E-state index contributed by atoms with van der Waals surface area (Å²) >= 11 is 5.24. The van der Waals surface area contributed by atoms with Crippen LogP contribution in [0, 0.1) is 6.92 Å². The number of hydrogen-bond donors (Lipinski definition) is 1. The van der Waals surface area contributed by atoms with Crippen LogP contribution < -0.4 is 5.73 Å². The van der Waals surface area contributed by atoms with E-state index in [4.69, 9.17) is 5.73 Å². The standard InChI is InChI=1S/C12H16BrN3S/c1-7(2)16-11(9(13)6-15-16)10(14)12-8(3)4-5-17-12/h4-7,10H,14H2,1-3H3. The van der Waals surface area contributed by atoms with Crippen LogP contribution in [-0.2, 0) is 0 Å². The lowest BCUT2D eigenvalue weighted by Crippen LogP contribution is -2.19. The summed E-state index contributed by atoms with van der Waals surface area (Å²) in [6, 6.07) is 2.29. The summed E-state index contributed by atoms with van der Waals surface area (Å²) in [5.74, 6) is 0. The molecule has 0 aliphatic carbocycles. The topological polar surface area (TPSA) is 43.8 Å². The van der Waals surface area contributed by atoms with Crippen LogP contribution in [0.25, 0.3) is 0 Å². The van der Waals surface area contributed by atoms with Crippen LogP contribution in [0.15, 0.2) is 22.1 Å². The monoisotopic (exact) mass is 313 g/mol. The zero-order valence-electron chi connectivity index (χ0n) is 10.1. The van der Waals surface area contributed by atoms with E-state index in [2.05, 4.69) is 53.2 Å². The van der Waals surface area contributed by atoms with E-state index < -0.39 is 0 Å². The fraction of sp³-hybridized carbons (Fsp3) is 0.417. The maximum absolute atomic E-state index is 6.37. The van der Waals surface area contributed by atoms with Gasteiger partial charge in [0.2, 0.25) is 0 Å². The first kappa shape index (κ1) is 12.8. The van der Waals surface area contributed by atoms with Gasteiger partial charge in [-0.1, -0.05) is 0 Å². The third-order valence-electron chi connectivity index (χ3n) is 2.75. The zero-order chi connectivity index (χ0) is 12.6. The quantitative estimate of drug-likeness (QED) is 0.940. The Balaban J connectivity index is 2.47. The number of hydrogen-bond acceptors (Lipinski definition) is 3. The molecule has 2 heterocycles. The second kappa shape index (κ2) is 4.92. The maximum atomic E-state index is 6.37. The minimum absolute atomic E-state index is 0.116. The van der Waals surface area contributed by atoms with Crippen LogP contribution in [-0.4, -0.2) is 9.78 Å². The van der Waals surface area contributed by atoms with Crippen molar-refractivity contribution >= 4 is 27.3 Å². The van der Waals surface area contributed by atoms with Crippen molar-refractivity contribution in [2.24, 2.45) is 5.73 Å². The second-order valence-electron chi connectivity index (χ2n) is 4.36. The van der Waals surface area contributed by atoms with Crippen molar-refractivity contribution < 1.29 is 0 Å². The summed E-state index contributed by atoms with van der Waals surface area (Å²) < 4.78 is 2.96. The third-order valence-corrected chi connectivity index (χ3v) is 4.47. The van der Waals surface area contributed by atoms with Gasteiger partial charge in [0.05, 0.1) is 22.4 Å². The van der Waals surface area contributed by atoms with Crippen LogP contribution in [0.5, 0.6) is 0 Å². The van der Waals surface area contributed by atoms with Gasteiger partial charge in [0.1, 0.15) is 0 Å². The normalized spacial score (nSPS) is 13.3. The van der Waals surface area contributed by atoms with Crippen molar-refractivity contribution in [1.29, 1.82) is 0 Å². The highest BCUT2D eigenvalue weighted by molar-refractivity contribution is 9.10. The van der Waals surface area contributed by atoms with Gasteiger partial charge >= 0.3 is 0 Å². The lowest BCUT2D eigenvalue weighted by Gasteiger charge is -2.17. The Morgan fingerprint density at radius 2 is 2.18 bits per heavy atom. The first-order valence-electron chi connectivity index (χ1n) is 5.54. The summed E-state index contributed by atoms with van der Waals surface area (Å²) in [4.78, 5) is 1.20. The Morgan fingerprint density at radius 3 is 2.71 bits per heavy atom. The number of nitrogens with two attached hydrogens (primary N) is 1. The van der Waals surface area contributed by atoms with Gasteiger partial charge in [0.15, 0.2) is 0 Å². The van der Waals surface area contributed by atoms with Crippen molar-refractivity contribution in [3.05, 3.63) is 38.3 Å². The van der Waals surface area contributed by atoms with Crippen molar-refractivity contribution in [1.82, 2.24) is 9.78 Å². The molecule has 0 saturated carbocycles. The SMILES string of the molecule is Cc1ccsc1C(N)c1c(Br)cnn1C(C)C. The molecule has 0 aliphatic rings. The average Bonchev–Trinajstić information content (AvgIpc) is 2.83. The van der Waals surface area contributed by atoms with Gasteiger partial charge in [-0.15, -0.1) is 11.3 Å². The van der Waals surface area contributed by atoms with Crippen LogP contribution in [0.2, 0.25) is 0 Å². The molecular formula is C12H16BrN3S. The first-order valence-corrected chi connectivity index (χ1v) is 7.22. The number of nitrogens with zero attached hydrogens (tertiary/aromatic N) is 2. The van der Waals surface area contributed by atoms with Crippen LogP contribution in [0.3, 0.4) is 0 Å². The van der Waals surface area contributed by atoms with Gasteiger partial charge in [-0.2, -0.15) is 5.10 Å². The number of halogens is 1. The molecule has 1 atom stereocenters. The molecule has 1 unspecified atom stereocenters. The van der Waals surface area contributed by atoms with E-state index in [1.807, 2.05) is 10.9 Å². The lowest BCUT2D eigenvalue weighted by molar-refractivity contribution is 0.499. The fourth-order valence-corrected chi connectivity index (χ4v) is 3.33. The van der Waals surface area contributed by atoms with E-state index in [0.29, 0.717) is 6.04 Å². The maximum Gasteiger partial charge on any atom is 0.0831 e. The Hall–Kier alpha value is -0.650. The molecule has 0 bridgehead atoms. The van der Waals surface area contributed by atoms with Crippen molar-refractivity contribution in [2.75, 3.05) is 0 Å². The average molecular weight is 314 g/mol. The minimum Gasteiger partial charge on any atom is -0.318 e. The molecule has 0 saturated heterocycles. The predicted octanol–water partition coefficient (Wildman–Crippen LogP) is 3.64. The van der Waals surface area contributed by atoms with E-state index in [-0.39, 0.29) is 6.04 Å². The predicted molar refractivity (Wildman–Crippen MR) is 75.4 cm³/mol. The highest BCUT2D eigenvalue weighted by Crippen LogP contribution is 2.32. The molecule has 2 aromatic heterocycles. The molecule has 5 heteroatoms. The second-order valence-corrected chi connectivity index (χ2v) is 6.16. The zero-order valence-corrected chi connectivity index (χ0v) is 12.5. The van der Waals surface area contributed by atoms with E-state index in [9.17, 15) is 0 Å². The Bertz CT molecular complexity index is 516. The smallest absolute Gasteiger partial charge is 0.0831 e. The van der Waals surface area contributed by atoms with Gasteiger partial charge in [-0.05, 0) is 53.7 Å². The Kier molecular flexibility index (Phi) is 3.70. The van der Waals surface area contributed by atoms with E-state index in [0.717, 1.165) is 10.2 Å². The van der Waals surface area contributed by atoms with Crippen molar-refractivity contribution in [3.8, 4) is 0 Å². The molecule has 0 aliphatic heterocycles. The summed E-state index contributed by atoms with van der Waals surface area (Å²) in [5.41, 5.74) is 8.65. The molecule has 3 nitrogen and oxygen atoms in total. The number of thiophene rings is 1. The van der Waals surface area contributed by atoms with Crippen LogP contribution in [0.1, 0.15) is 42.1 Å². The van der Waals surface area contributed by atoms with Gasteiger partial charge < -0.3 is 5.73 Å². The van der Waals surface area contributed by atoms with Crippen LogP contribution >= 0.6 is 27.3 Å². The Morgan fingerprint density at radius 1 is 1.47 bits per heavy atom. The van der Waals surface area contributed by atoms with E-state index >= 15 is 0 Å². The van der Waals surface area contributed by atoms with Gasteiger partial charge in [0.25, 0.3) is 0 Å². The molecule has 0 aromatic carbocycles. The minimum atomic E-state index is -0.116. The van der Waals surface area contributed by atoms with E-state index in [1.165, 1.54) is 10.4 Å². The summed E-state index contributed by atoms with van der Waals surface area (Å²) in [5, 5.41) is 6.45. The van der Waals surface area contributed by atoms with Gasteiger partial charge in [-0.25, -0.2) is 0 Å². The van der Waals surface area contributed by atoms with Crippen molar-refractivity contribution in [3.63, 3.8) is 0 Å². The number of rotatable bonds is 3. The lowest BCUT2D eigenvalue weighted by atomic mass is 10.1. The fourth-order valence-electron chi connectivity index (χ4n) is 1.88. The highest BCUT2D eigenvalue weighted by atomic mass is 79.9. The molecular weight excluding hydrogens is 298 g/mol.